The van der Waals surface area contributed by atoms with Gasteiger partial charge in [0.2, 0.25) is 0 Å². The van der Waals surface area contributed by atoms with Crippen molar-refractivity contribution < 1.29 is 0 Å². The third-order valence-corrected chi connectivity index (χ3v) is 3.26. The zero-order chi connectivity index (χ0) is 11.1. The molecule has 0 amide bonds. The lowest BCUT2D eigenvalue weighted by Crippen LogP contribution is -2.11. The minimum absolute atomic E-state index is 0.155. The molecule has 1 aromatic heterocycles. The molecule has 0 aliphatic heterocycles. The fourth-order valence-electron chi connectivity index (χ4n) is 1.81. The molecule has 1 aromatic carbocycles. The summed E-state index contributed by atoms with van der Waals surface area (Å²) in [6.07, 6.45) is 3.78. The highest BCUT2D eigenvalue weighted by molar-refractivity contribution is 9.10. The predicted molar refractivity (Wildman–Crippen MR) is 68.1 cm³/mol. The SMILES string of the molecule is CC(C)(C)c1ccc(Br)c2ccncc12. The van der Waals surface area contributed by atoms with Gasteiger partial charge in [0.05, 0.1) is 0 Å². The van der Waals surface area contributed by atoms with Crippen molar-refractivity contribution in [3.63, 3.8) is 0 Å². The third-order valence-electron chi connectivity index (χ3n) is 2.57. The molecule has 1 nitrogen and oxygen atoms in total. The molecule has 0 N–H and O–H groups in total. The Morgan fingerprint density at radius 3 is 2.47 bits per heavy atom. The first-order chi connectivity index (χ1) is 7.00. The monoisotopic (exact) mass is 263 g/mol. The van der Waals surface area contributed by atoms with Crippen LogP contribution in [0.2, 0.25) is 0 Å². The van der Waals surface area contributed by atoms with Gasteiger partial charge in [0.15, 0.2) is 0 Å². The van der Waals surface area contributed by atoms with E-state index in [1.54, 1.807) is 0 Å². The van der Waals surface area contributed by atoms with Gasteiger partial charge in [-0.1, -0.05) is 42.8 Å². The van der Waals surface area contributed by atoms with Gasteiger partial charge in [0, 0.05) is 22.3 Å². The van der Waals surface area contributed by atoms with E-state index >= 15 is 0 Å². The first-order valence-electron chi connectivity index (χ1n) is 5.03. The Hall–Kier alpha value is -0.890. The average Bonchev–Trinajstić information content (AvgIpc) is 2.17. The fraction of sp³-hybridized carbons (Fsp3) is 0.308. The molecule has 78 valence electrons. The zero-order valence-electron chi connectivity index (χ0n) is 9.21. The second-order valence-electron chi connectivity index (χ2n) is 4.77. The normalized spacial score (nSPS) is 12.0. The maximum Gasteiger partial charge on any atom is 0.0349 e. The highest BCUT2D eigenvalue weighted by Crippen LogP contribution is 2.33. The molecule has 15 heavy (non-hydrogen) atoms. The molecule has 0 spiro atoms. The second kappa shape index (κ2) is 3.60. The van der Waals surface area contributed by atoms with Crippen molar-refractivity contribution in [3.05, 3.63) is 40.6 Å². The maximum absolute atomic E-state index is 4.21. The van der Waals surface area contributed by atoms with Crippen molar-refractivity contribution >= 4 is 26.7 Å². The Balaban J connectivity index is 2.84. The van der Waals surface area contributed by atoms with Crippen molar-refractivity contribution in [2.24, 2.45) is 0 Å². The summed E-state index contributed by atoms with van der Waals surface area (Å²) in [5, 5.41) is 2.47. The number of pyridine rings is 1. The molecule has 0 bridgehead atoms. The molecule has 0 radical (unpaired) electrons. The van der Waals surface area contributed by atoms with Crippen molar-refractivity contribution in [2.75, 3.05) is 0 Å². The van der Waals surface area contributed by atoms with Crippen LogP contribution >= 0.6 is 15.9 Å². The van der Waals surface area contributed by atoms with Crippen molar-refractivity contribution in [1.29, 1.82) is 0 Å². The number of benzene rings is 1. The van der Waals surface area contributed by atoms with E-state index in [0.717, 1.165) is 4.47 Å². The van der Waals surface area contributed by atoms with Gasteiger partial charge < -0.3 is 0 Å². The van der Waals surface area contributed by atoms with Crippen LogP contribution in [0.1, 0.15) is 26.3 Å². The smallest absolute Gasteiger partial charge is 0.0349 e. The topological polar surface area (TPSA) is 12.9 Å². The van der Waals surface area contributed by atoms with E-state index < -0.39 is 0 Å². The first-order valence-corrected chi connectivity index (χ1v) is 5.82. The number of hydrogen-bond donors (Lipinski definition) is 0. The van der Waals surface area contributed by atoms with E-state index in [0.29, 0.717) is 0 Å². The highest BCUT2D eigenvalue weighted by Gasteiger charge is 2.17. The van der Waals surface area contributed by atoms with Crippen LogP contribution in [0, 0.1) is 0 Å². The van der Waals surface area contributed by atoms with Crippen molar-refractivity contribution in [1.82, 2.24) is 4.98 Å². The molecule has 2 heteroatoms. The second-order valence-corrected chi connectivity index (χ2v) is 5.62. The summed E-state index contributed by atoms with van der Waals surface area (Å²) in [7, 11) is 0. The molecule has 0 aliphatic rings. The molecule has 2 rings (SSSR count). The van der Waals surface area contributed by atoms with E-state index in [-0.39, 0.29) is 5.41 Å². The van der Waals surface area contributed by atoms with Gasteiger partial charge >= 0.3 is 0 Å². The van der Waals surface area contributed by atoms with Crippen LogP contribution in [0.3, 0.4) is 0 Å². The first kappa shape index (κ1) is 10.6. The Morgan fingerprint density at radius 1 is 1.07 bits per heavy atom. The molecule has 1 heterocycles. The largest absolute Gasteiger partial charge is 0.264 e. The van der Waals surface area contributed by atoms with E-state index in [2.05, 4.69) is 59.9 Å². The Morgan fingerprint density at radius 2 is 1.80 bits per heavy atom. The highest BCUT2D eigenvalue weighted by atomic mass is 79.9. The summed E-state index contributed by atoms with van der Waals surface area (Å²) in [5.41, 5.74) is 1.50. The van der Waals surface area contributed by atoms with E-state index in [4.69, 9.17) is 0 Å². The van der Waals surface area contributed by atoms with Crippen LogP contribution in [0.4, 0.5) is 0 Å². The van der Waals surface area contributed by atoms with Crippen LogP contribution in [0.15, 0.2) is 35.1 Å². The average molecular weight is 264 g/mol. The number of nitrogens with zero attached hydrogens (tertiary/aromatic N) is 1. The third kappa shape index (κ3) is 1.91. The molecule has 0 saturated carbocycles. The quantitative estimate of drug-likeness (QED) is 0.691. The molecule has 2 aromatic rings. The molecule has 0 atom stereocenters. The Labute approximate surface area is 98.7 Å². The summed E-state index contributed by atoms with van der Waals surface area (Å²) < 4.78 is 1.13. The van der Waals surface area contributed by atoms with E-state index in [1.165, 1.54) is 16.3 Å². The summed E-state index contributed by atoms with van der Waals surface area (Å²) in [4.78, 5) is 4.21. The predicted octanol–water partition coefficient (Wildman–Crippen LogP) is 4.29. The number of aromatic nitrogens is 1. The van der Waals surface area contributed by atoms with Gasteiger partial charge in [-0.3, -0.25) is 4.98 Å². The Kier molecular flexibility index (Phi) is 2.55. The van der Waals surface area contributed by atoms with Crippen molar-refractivity contribution in [2.45, 2.75) is 26.2 Å². The number of hydrogen-bond acceptors (Lipinski definition) is 1. The fourth-order valence-corrected chi connectivity index (χ4v) is 2.29. The van der Waals surface area contributed by atoms with E-state index in [9.17, 15) is 0 Å². The Bertz CT molecular complexity index is 497. The number of rotatable bonds is 0. The van der Waals surface area contributed by atoms with Gasteiger partial charge in [0.25, 0.3) is 0 Å². The molecular formula is C13H14BrN. The lowest BCUT2D eigenvalue weighted by atomic mass is 9.84. The molecule has 0 unspecified atom stereocenters. The molecule has 0 saturated heterocycles. The van der Waals surface area contributed by atoms with Crippen LogP contribution in [-0.2, 0) is 5.41 Å². The molecule has 0 aliphatic carbocycles. The van der Waals surface area contributed by atoms with Gasteiger partial charge in [-0.05, 0) is 28.5 Å². The number of halogens is 1. The van der Waals surface area contributed by atoms with Crippen LogP contribution in [-0.4, -0.2) is 4.98 Å². The minimum atomic E-state index is 0.155. The lowest BCUT2D eigenvalue weighted by molar-refractivity contribution is 0.595. The van der Waals surface area contributed by atoms with Crippen LogP contribution in [0.5, 0.6) is 0 Å². The minimum Gasteiger partial charge on any atom is -0.264 e. The lowest BCUT2D eigenvalue weighted by Gasteiger charge is -2.21. The summed E-state index contributed by atoms with van der Waals surface area (Å²) in [5.74, 6) is 0. The van der Waals surface area contributed by atoms with Gasteiger partial charge in [-0.2, -0.15) is 0 Å². The van der Waals surface area contributed by atoms with Gasteiger partial charge in [-0.15, -0.1) is 0 Å². The maximum atomic E-state index is 4.21. The number of fused-ring (bicyclic) bond motifs is 1. The van der Waals surface area contributed by atoms with Crippen molar-refractivity contribution in [3.8, 4) is 0 Å². The zero-order valence-corrected chi connectivity index (χ0v) is 10.8. The summed E-state index contributed by atoms with van der Waals surface area (Å²) in [6, 6.07) is 6.34. The van der Waals surface area contributed by atoms with Crippen LogP contribution < -0.4 is 0 Å². The standard InChI is InChI=1S/C13H14BrN/c1-13(2,3)11-4-5-12(14)9-6-7-15-8-10(9)11/h4-8H,1-3H3. The van der Waals surface area contributed by atoms with Gasteiger partial charge in [-0.25, -0.2) is 0 Å². The van der Waals surface area contributed by atoms with Gasteiger partial charge in [0.1, 0.15) is 0 Å². The van der Waals surface area contributed by atoms with Crippen LogP contribution in [0.25, 0.3) is 10.8 Å². The molecular weight excluding hydrogens is 250 g/mol. The van der Waals surface area contributed by atoms with E-state index in [1.807, 2.05) is 12.4 Å². The summed E-state index contributed by atoms with van der Waals surface area (Å²) >= 11 is 3.57. The summed E-state index contributed by atoms with van der Waals surface area (Å²) in [6.45, 7) is 6.67. The molecule has 0 fully saturated rings.